The van der Waals surface area contributed by atoms with E-state index in [0.717, 1.165) is 18.7 Å². The van der Waals surface area contributed by atoms with Crippen LogP contribution in [0.2, 0.25) is 0 Å². The van der Waals surface area contributed by atoms with E-state index in [1.54, 1.807) is 12.1 Å². The predicted molar refractivity (Wildman–Crippen MR) is 92.9 cm³/mol. The minimum Gasteiger partial charge on any atom is -0.465 e. The van der Waals surface area contributed by atoms with Crippen LogP contribution in [0.1, 0.15) is 42.1 Å². The van der Waals surface area contributed by atoms with Gasteiger partial charge in [-0.25, -0.2) is 9.59 Å². The highest BCUT2D eigenvalue weighted by Gasteiger charge is 2.17. The van der Waals surface area contributed by atoms with Crippen molar-refractivity contribution >= 4 is 12.0 Å². The van der Waals surface area contributed by atoms with Gasteiger partial charge in [-0.05, 0) is 44.0 Å². The zero-order valence-electron chi connectivity index (χ0n) is 14.5. The van der Waals surface area contributed by atoms with Crippen LogP contribution in [-0.2, 0) is 11.3 Å². The third-order valence-corrected chi connectivity index (χ3v) is 4.45. The van der Waals surface area contributed by atoms with Gasteiger partial charge in [0.25, 0.3) is 0 Å². The van der Waals surface area contributed by atoms with Crippen molar-refractivity contribution in [2.45, 2.75) is 38.8 Å². The van der Waals surface area contributed by atoms with Crippen LogP contribution in [0.15, 0.2) is 24.3 Å². The molecule has 2 amide bonds. The Labute approximate surface area is 143 Å². The first-order chi connectivity index (χ1) is 11.6. The average Bonchev–Trinajstić information content (AvgIpc) is 2.61. The summed E-state index contributed by atoms with van der Waals surface area (Å²) in [7, 11) is 1.35. The molecule has 0 radical (unpaired) electrons. The molecule has 132 valence electrons. The van der Waals surface area contributed by atoms with Gasteiger partial charge in [-0.2, -0.15) is 0 Å². The van der Waals surface area contributed by atoms with Crippen LogP contribution in [0.5, 0.6) is 0 Å². The number of nitrogens with one attached hydrogen (secondary N) is 2. The summed E-state index contributed by atoms with van der Waals surface area (Å²) in [5.74, 6) is -0.362. The number of likely N-dealkylation sites (tertiary alicyclic amines) is 1. The monoisotopic (exact) mass is 333 g/mol. The van der Waals surface area contributed by atoms with E-state index in [-0.39, 0.29) is 12.0 Å². The van der Waals surface area contributed by atoms with Gasteiger partial charge in [-0.15, -0.1) is 0 Å². The van der Waals surface area contributed by atoms with Crippen LogP contribution in [-0.4, -0.2) is 49.7 Å². The minimum atomic E-state index is -0.362. The number of methoxy groups -OCH3 is 1. The lowest BCUT2D eigenvalue weighted by Crippen LogP contribution is -2.44. The molecule has 1 heterocycles. The molecule has 0 saturated carbocycles. The van der Waals surface area contributed by atoms with E-state index in [4.69, 9.17) is 0 Å². The number of urea groups is 1. The van der Waals surface area contributed by atoms with E-state index in [1.165, 1.54) is 26.4 Å². The minimum absolute atomic E-state index is 0.170. The highest BCUT2D eigenvalue weighted by Crippen LogP contribution is 2.15. The molecule has 2 N–H and O–H groups in total. The van der Waals surface area contributed by atoms with E-state index in [2.05, 4.69) is 27.2 Å². The lowest BCUT2D eigenvalue weighted by atomic mass is 10.0. The summed E-state index contributed by atoms with van der Waals surface area (Å²) in [5.41, 5.74) is 1.43. The van der Waals surface area contributed by atoms with Gasteiger partial charge in [0.2, 0.25) is 0 Å². The van der Waals surface area contributed by atoms with Crippen LogP contribution in [0.25, 0.3) is 0 Å². The average molecular weight is 333 g/mol. The molecule has 1 atom stereocenters. The molecule has 0 unspecified atom stereocenters. The first-order valence-corrected chi connectivity index (χ1v) is 8.53. The first kappa shape index (κ1) is 18.3. The summed E-state index contributed by atoms with van der Waals surface area (Å²) in [6.45, 7) is 5.33. The lowest BCUT2D eigenvalue weighted by molar-refractivity contribution is 0.0600. The van der Waals surface area contributed by atoms with Crippen molar-refractivity contribution in [2.75, 3.05) is 26.7 Å². The van der Waals surface area contributed by atoms with Crippen LogP contribution >= 0.6 is 0 Å². The number of nitrogens with zero attached hydrogens (tertiary/aromatic N) is 1. The zero-order valence-corrected chi connectivity index (χ0v) is 14.5. The number of piperidine rings is 1. The van der Waals surface area contributed by atoms with Crippen molar-refractivity contribution in [1.82, 2.24) is 15.5 Å². The maximum Gasteiger partial charge on any atom is 0.337 e. The summed E-state index contributed by atoms with van der Waals surface area (Å²) in [6.07, 6.45) is 3.80. The Morgan fingerprint density at radius 1 is 1.21 bits per heavy atom. The van der Waals surface area contributed by atoms with Gasteiger partial charge in [0.15, 0.2) is 0 Å². The van der Waals surface area contributed by atoms with Crippen molar-refractivity contribution in [3.05, 3.63) is 35.4 Å². The SMILES string of the molecule is COC(=O)c1ccc(CNC(=O)NCCN2CCCC[C@@H]2C)cc1. The fourth-order valence-electron chi connectivity index (χ4n) is 2.92. The zero-order chi connectivity index (χ0) is 17.4. The van der Waals surface area contributed by atoms with E-state index in [9.17, 15) is 9.59 Å². The number of carbonyl (C=O) groups excluding carboxylic acids is 2. The molecular weight excluding hydrogens is 306 g/mol. The molecule has 1 aliphatic heterocycles. The second-order valence-corrected chi connectivity index (χ2v) is 6.18. The molecule has 2 rings (SSSR count). The lowest BCUT2D eigenvalue weighted by Gasteiger charge is -2.33. The number of esters is 1. The molecule has 1 aromatic carbocycles. The number of benzene rings is 1. The largest absolute Gasteiger partial charge is 0.465 e. The number of hydrogen-bond acceptors (Lipinski definition) is 4. The van der Waals surface area contributed by atoms with Crippen LogP contribution in [0.3, 0.4) is 0 Å². The van der Waals surface area contributed by atoms with E-state index < -0.39 is 0 Å². The molecule has 1 fully saturated rings. The standard InChI is InChI=1S/C18H27N3O3/c1-14-5-3-4-11-21(14)12-10-19-18(23)20-13-15-6-8-16(9-7-15)17(22)24-2/h6-9,14H,3-5,10-13H2,1-2H3,(H2,19,20,23)/t14-/m0/s1. The molecule has 6 nitrogen and oxygen atoms in total. The van der Waals surface area contributed by atoms with Gasteiger partial charge in [0.1, 0.15) is 0 Å². The Hall–Kier alpha value is -2.08. The molecule has 24 heavy (non-hydrogen) atoms. The topological polar surface area (TPSA) is 70.7 Å². The summed E-state index contributed by atoms with van der Waals surface area (Å²) in [5, 5.41) is 5.72. The Morgan fingerprint density at radius 2 is 1.96 bits per heavy atom. The maximum absolute atomic E-state index is 11.8. The first-order valence-electron chi connectivity index (χ1n) is 8.53. The van der Waals surface area contributed by atoms with Gasteiger partial charge in [-0.1, -0.05) is 18.6 Å². The Morgan fingerprint density at radius 3 is 2.62 bits per heavy atom. The highest BCUT2D eigenvalue weighted by atomic mass is 16.5. The van der Waals surface area contributed by atoms with Crippen molar-refractivity contribution in [2.24, 2.45) is 0 Å². The molecule has 0 aliphatic carbocycles. The number of amides is 2. The predicted octanol–water partition coefficient (Wildman–Crippen LogP) is 2.15. The molecule has 1 aliphatic rings. The smallest absolute Gasteiger partial charge is 0.337 e. The number of hydrogen-bond donors (Lipinski definition) is 2. The number of carbonyl (C=O) groups is 2. The third kappa shape index (κ3) is 5.53. The summed E-state index contributed by atoms with van der Waals surface area (Å²) >= 11 is 0. The van der Waals surface area contributed by atoms with Gasteiger partial charge in [0.05, 0.1) is 12.7 Å². The van der Waals surface area contributed by atoms with Gasteiger partial charge in [0, 0.05) is 25.7 Å². The van der Waals surface area contributed by atoms with Crippen LogP contribution in [0.4, 0.5) is 4.79 Å². The molecular formula is C18H27N3O3. The van der Waals surface area contributed by atoms with Crippen LogP contribution in [0, 0.1) is 0 Å². The Bertz CT molecular complexity index is 545. The molecule has 0 aromatic heterocycles. The number of ether oxygens (including phenoxy) is 1. The molecule has 0 spiro atoms. The normalized spacial score (nSPS) is 18.0. The highest BCUT2D eigenvalue weighted by molar-refractivity contribution is 5.89. The summed E-state index contributed by atoms with van der Waals surface area (Å²) in [4.78, 5) is 25.6. The molecule has 6 heteroatoms. The second kappa shape index (κ2) is 9.27. The molecule has 1 aromatic rings. The fraction of sp³-hybridized carbons (Fsp3) is 0.556. The van der Waals surface area contributed by atoms with Crippen molar-refractivity contribution in [3.8, 4) is 0 Å². The number of rotatable bonds is 6. The second-order valence-electron chi connectivity index (χ2n) is 6.18. The van der Waals surface area contributed by atoms with E-state index in [0.29, 0.717) is 24.7 Å². The Kier molecular flexibility index (Phi) is 7.06. The Balaban J connectivity index is 1.66. The quantitative estimate of drug-likeness (QED) is 0.783. The van der Waals surface area contributed by atoms with E-state index >= 15 is 0 Å². The third-order valence-electron chi connectivity index (χ3n) is 4.45. The maximum atomic E-state index is 11.8. The van der Waals surface area contributed by atoms with Gasteiger partial charge in [-0.3, -0.25) is 4.90 Å². The van der Waals surface area contributed by atoms with E-state index in [1.807, 2.05) is 12.1 Å². The molecule has 0 bridgehead atoms. The molecule has 1 saturated heterocycles. The van der Waals surface area contributed by atoms with Crippen molar-refractivity contribution in [1.29, 1.82) is 0 Å². The van der Waals surface area contributed by atoms with Crippen molar-refractivity contribution in [3.63, 3.8) is 0 Å². The van der Waals surface area contributed by atoms with Crippen LogP contribution < -0.4 is 10.6 Å². The summed E-state index contributed by atoms with van der Waals surface area (Å²) < 4.78 is 4.65. The fourth-order valence-corrected chi connectivity index (χ4v) is 2.92. The summed E-state index contributed by atoms with van der Waals surface area (Å²) in [6, 6.07) is 7.44. The van der Waals surface area contributed by atoms with Gasteiger partial charge < -0.3 is 15.4 Å². The van der Waals surface area contributed by atoms with Crippen molar-refractivity contribution < 1.29 is 14.3 Å². The van der Waals surface area contributed by atoms with Gasteiger partial charge >= 0.3 is 12.0 Å².